The van der Waals surface area contributed by atoms with Crippen molar-refractivity contribution in [3.8, 4) is 10.8 Å². The van der Waals surface area contributed by atoms with Crippen LogP contribution in [0.3, 0.4) is 0 Å². The lowest BCUT2D eigenvalue weighted by Crippen LogP contribution is -2.32. The number of anilines is 2. The van der Waals surface area contributed by atoms with Gasteiger partial charge in [0.05, 0.1) is 22.9 Å². The lowest BCUT2D eigenvalue weighted by Gasteiger charge is -2.19. The molecule has 0 radical (unpaired) electrons. The first kappa shape index (κ1) is 22.4. The van der Waals surface area contributed by atoms with Crippen molar-refractivity contribution in [3.63, 3.8) is 0 Å². The second kappa shape index (κ2) is 10.7. The Kier molecular flexibility index (Phi) is 7.45. The molecular weight excluding hydrogens is 471 g/mol. The van der Waals surface area contributed by atoms with E-state index in [0.717, 1.165) is 11.3 Å². The van der Waals surface area contributed by atoms with Crippen molar-refractivity contribution in [3.05, 3.63) is 53.5 Å². The molecular formula is C20H19FN6O2S3. The minimum absolute atomic E-state index is 0.0634. The first-order chi connectivity index (χ1) is 15.6. The number of carbonyl (C=O) groups excluding carboxylic acids is 1. The van der Waals surface area contributed by atoms with E-state index in [1.54, 1.807) is 23.1 Å². The van der Waals surface area contributed by atoms with Crippen LogP contribution in [-0.4, -0.2) is 43.5 Å². The van der Waals surface area contributed by atoms with Crippen LogP contribution in [0.1, 0.15) is 19.2 Å². The molecule has 0 aliphatic rings. The monoisotopic (exact) mass is 490 g/mol. The van der Waals surface area contributed by atoms with E-state index in [4.69, 9.17) is 4.42 Å². The van der Waals surface area contributed by atoms with Gasteiger partial charge in [-0.1, -0.05) is 48.2 Å². The van der Waals surface area contributed by atoms with Gasteiger partial charge in [-0.15, -0.1) is 31.7 Å². The van der Waals surface area contributed by atoms with Gasteiger partial charge in [-0.05, 0) is 30.0 Å². The minimum Gasteiger partial charge on any atom is -0.418 e. The number of hydrogen-bond acceptors (Lipinski definition) is 10. The van der Waals surface area contributed by atoms with Crippen LogP contribution < -0.4 is 5.32 Å². The summed E-state index contributed by atoms with van der Waals surface area (Å²) in [6.07, 6.45) is 0.803. The number of nitrogens with one attached hydrogen (secondary N) is 1. The largest absolute Gasteiger partial charge is 0.418 e. The molecule has 1 aromatic carbocycles. The predicted molar refractivity (Wildman–Crippen MR) is 124 cm³/mol. The number of halogens is 1. The normalized spacial score (nSPS) is 10.9. The number of thioether (sulfide) groups is 1. The molecule has 1 amide bonds. The van der Waals surface area contributed by atoms with E-state index in [1.807, 2.05) is 24.4 Å². The van der Waals surface area contributed by atoms with E-state index in [1.165, 1.54) is 40.5 Å². The quantitative estimate of drug-likeness (QED) is 0.308. The lowest BCUT2D eigenvalue weighted by molar-refractivity contribution is -0.129. The Bertz CT molecular complexity index is 1160. The van der Waals surface area contributed by atoms with Crippen molar-refractivity contribution in [1.29, 1.82) is 0 Å². The average Bonchev–Trinajstić information content (AvgIpc) is 3.55. The number of thiophene rings is 1. The fourth-order valence-electron chi connectivity index (χ4n) is 2.75. The predicted octanol–water partition coefficient (Wildman–Crippen LogP) is 5.06. The summed E-state index contributed by atoms with van der Waals surface area (Å²) in [7, 11) is 0. The summed E-state index contributed by atoms with van der Waals surface area (Å²) in [4.78, 5) is 15.4. The number of benzene rings is 1. The highest BCUT2D eigenvalue weighted by Crippen LogP contribution is 2.29. The number of nitrogens with zero attached hydrogens (tertiary/aromatic N) is 5. The number of rotatable bonds is 10. The topological polar surface area (TPSA) is 97.0 Å². The van der Waals surface area contributed by atoms with Crippen molar-refractivity contribution >= 4 is 51.2 Å². The molecule has 0 bridgehead atoms. The van der Waals surface area contributed by atoms with Gasteiger partial charge in [-0.3, -0.25) is 4.79 Å². The Balaban J connectivity index is 1.33. The van der Waals surface area contributed by atoms with Crippen LogP contribution in [0.5, 0.6) is 0 Å². The zero-order valence-corrected chi connectivity index (χ0v) is 19.5. The molecule has 3 heterocycles. The SMILES string of the molecule is CCCN(Cc1nnc(-c2cccs2)o1)C(=O)CSc1nnc(Nc2ccccc2F)s1. The van der Waals surface area contributed by atoms with Crippen molar-refractivity contribution in [1.82, 2.24) is 25.3 Å². The van der Waals surface area contributed by atoms with Gasteiger partial charge < -0.3 is 14.6 Å². The molecule has 1 N–H and O–H groups in total. The molecule has 4 aromatic rings. The molecule has 0 unspecified atom stereocenters. The van der Waals surface area contributed by atoms with E-state index in [9.17, 15) is 9.18 Å². The Morgan fingerprint density at radius 1 is 1.19 bits per heavy atom. The summed E-state index contributed by atoms with van der Waals surface area (Å²) in [6.45, 7) is 2.83. The lowest BCUT2D eigenvalue weighted by atomic mass is 10.3. The van der Waals surface area contributed by atoms with Gasteiger partial charge in [0.25, 0.3) is 5.89 Å². The Morgan fingerprint density at radius 3 is 2.84 bits per heavy atom. The van der Waals surface area contributed by atoms with Crippen LogP contribution in [0, 0.1) is 5.82 Å². The van der Waals surface area contributed by atoms with E-state index < -0.39 is 0 Å². The highest BCUT2D eigenvalue weighted by molar-refractivity contribution is 8.01. The van der Waals surface area contributed by atoms with Gasteiger partial charge >= 0.3 is 0 Å². The van der Waals surface area contributed by atoms with Gasteiger partial charge in [0, 0.05) is 6.54 Å². The first-order valence-corrected chi connectivity index (χ1v) is 12.4. The summed E-state index contributed by atoms with van der Waals surface area (Å²) in [5, 5.41) is 21.5. The Hall–Kier alpha value is -2.83. The fourth-order valence-corrected chi connectivity index (χ4v) is 5.06. The van der Waals surface area contributed by atoms with Gasteiger partial charge in [-0.2, -0.15) is 0 Å². The third-order valence-corrected chi connectivity index (χ3v) is 7.03. The molecule has 32 heavy (non-hydrogen) atoms. The van der Waals surface area contributed by atoms with Gasteiger partial charge in [0.1, 0.15) is 5.82 Å². The van der Waals surface area contributed by atoms with Crippen LogP contribution in [0.4, 0.5) is 15.2 Å². The van der Waals surface area contributed by atoms with Crippen molar-refractivity contribution < 1.29 is 13.6 Å². The maximum atomic E-state index is 13.8. The number of aromatic nitrogens is 4. The third-order valence-electron chi connectivity index (χ3n) is 4.21. The molecule has 12 heteroatoms. The van der Waals surface area contributed by atoms with Crippen LogP contribution in [0.15, 0.2) is 50.5 Å². The molecule has 8 nitrogen and oxygen atoms in total. The summed E-state index contributed by atoms with van der Waals surface area (Å²) < 4.78 is 20.1. The maximum Gasteiger partial charge on any atom is 0.257 e. The first-order valence-electron chi connectivity index (χ1n) is 9.74. The van der Waals surface area contributed by atoms with Gasteiger partial charge in [0.2, 0.25) is 16.9 Å². The number of para-hydroxylation sites is 1. The van der Waals surface area contributed by atoms with Crippen molar-refractivity contribution in [2.24, 2.45) is 0 Å². The molecule has 166 valence electrons. The zero-order chi connectivity index (χ0) is 22.3. The van der Waals surface area contributed by atoms with E-state index in [0.29, 0.717) is 33.5 Å². The Morgan fingerprint density at radius 2 is 2.06 bits per heavy atom. The smallest absolute Gasteiger partial charge is 0.257 e. The molecule has 3 aromatic heterocycles. The minimum atomic E-state index is -0.370. The molecule has 0 saturated heterocycles. The summed E-state index contributed by atoms with van der Waals surface area (Å²) in [6, 6.07) is 10.2. The standard InChI is InChI=1S/C20H19FN6O2S3/c1-2-9-27(11-16-23-24-18(29-16)15-8-5-10-30-15)17(28)12-31-20-26-25-19(32-20)22-14-7-4-3-6-13(14)21/h3-8,10H,2,9,11-12H2,1H3,(H,22,25). The average molecular weight is 491 g/mol. The number of amides is 1. The summed E-state index contributed by atoms with van der Waals surface area (Å²) in [5.74, 6) is 0.613. The summed E-state index contributed by atoms with van der Waals surface area (Å²) >= 11 is 4.06. The molecule has 0 spiro atoms. The molecule has 0 aliphatic carbocycles. The number of carbonyl (C=O) groups is 1. The zero-order valence-electron chi connectivity index (χ0n) is 17.0. The highest BCUT2D eigenvalue weighted by atomic mass is 32.2. The summed E-state index contributed by atoms with van der Waals surface area (Å²) in [5.41, 5.74) is 0.326. The second-order valence-electron chi connectivity index (χ2n) is 6.56. The van der Waals surface area contributed by atoms with E-state index >= 15 is 0 Å². The highest BCUT2D eigenvalue weighted by Gasteiger charge is 2.19. The number of hydrogen-bond donors (Lipinski definition) is 1. The second-order valence-corrected chi connectivity index (χ2v) is 9.71. The fraction of sp³-hybridized carbons (Fsp3) is 0.250. The third kappa shape index (κ3) is 5.69. The van der Waals surface area contributed by atoms with Gasteiger partial charge in [0.15, 0.2) is 4.34 Å². The van der Waals surface area contributed by atoms with Crippen molar-refractivity contribution in [2.45, 2.75) is 24.2 Å². The van der Waals surface area contributed by atoms with Gasteiger partial charge in [-0.25, -0.2) is 4.39 Å². The van der Waals surface area contributed by atoms with Crippen LogP contribution in [-0.2, 0) is 11.3 Å². The molecule has 0 aliphatic heterocycles. The van der Waals surface area contributed by atoms with Crippen LogP contribution in [0.2, 0.25) is 0 Å². The van der Waals surface area contributed by atoms with E-state index in [2.05, 4.69) is 25.7 Å². The van der Waals surface area contributed by atoms with Crippen LogP contribution >= 0.6 is 34.4 Å². The Labute approximate surface area is 195 Å². The van der Waals surface area contributed by atoms with Crippen LogP contribution in [0.25, 0.3) is 10.8 Å². The molecule has 0 saturated carbocycles. The maximum absolute atomic E-state index is 13.8. The molecule has 0 fully saturated rings. The molecule has 0 atom stereocenters. The van der Waals surface area contributed by atoms with E-state index in [-0.39, 0.29) is 24.0 Å². The molecule has 4 rings (SSSR count). The van der Waals surface area contributed by atoms with Crippen molar-refractivity contribution in [2.75, 3.05) is 17.6 Å².